The molecule has 3 heterocycles. The summed E-state index contributed by atoms with van der Waals surface area (Å²) in [4.78, 5) is 20.3. The molecule has 3 aromatic rings. The van der Waals surface area contributed by atoms with Gasteiger partial charge in [0.15, 0.2) is 5.82 Å². The van der Waals surface area contributed by atoms with Crippen molar-refractivity contribution in [3.05, 3.63) is 41.6 Å². The fourth-order valence-corrected chi connectivity index (χ4v) is 4.91. The van der Waals surface area contributed by atoms with Crippen LogP contribution in [0, 0.1) is 11.7 Å². The van der Waals surface area contributed by atoms with Crippen molar-refractivity contribution in [3.63, 3.8) is 0 Å². The van der Waals surface area contributed by atoms with Gasteiger partial charge in [0.25, 0.3) is 0 Å². The summed E-state index contributed by atoms with van der Waals surface area (Å²) in [5.74, 6) is 1.44. The third-order valence-corrected chi connectivity index (χ3v) is 6.74. The largest absolute Gasteiger partial charge is 0.351 e. The molecule has 1 saturated carbocycles. The summed E-state index contributed by atoms with van der Waals surface area (Å²) < 4.78 is 13.5. The summed E-state index contributed by atoms with van der Waals surface area (Å²) in [5, 5.41) is 6.71. The SMILES string of the molecule is Fc1ccc(Nc2ncnc3cnc(NC4CCC(CN5CCCC5)CC4)nc23)cc1Cl. The predicted molar refractivity (Wildman–Crippen MR) is 125 cm³/mol. The minimum absolute atomic E-state index is 0.0469. The fraction of sp³-hybridized carbons (Fsp3) is 0.478. The van der Waals surface area contributed by atoms with Crippen LogP contribution in [0.2, 0.25) is 5.02 Å². The molecule has 0 radical (unpaired) electrons. The fourth-order valence-electron chi connectivity index (χ4n) is 4.73. The maximum Gasteiger partial charge on any atom is 0.223 e. The standard InChI is InChI=1S/C23H27ClFN7/c24-18-11-17(7-8-19(18)25)29-22-21-20(27-14-28-22)12-26-23(31-21)30-16-5-3-15(4-6-16)13-32-9-1-2-10-32/h7-8,11-12,14-16H,1-6,9-10,13H2,(H,26,30,31)(H,27,28,29). The molecule has 1 aliphatic carbocycles. The van der Waals surface area contributed by atoms with E-state index in [2.05, 4.69) is 35.5 Å². The molecule has 0 unspecified atom stereocenters. The van der Waals surface area contributed by atoms with Gasteiger partial charge in [-0.1, -0.05) is 11.6 Å². The molecule has 7 nitrogen and oxygen atoms in total. The second-order valence-corrected chi connectivity index (χ2v) is 9.18. The number of anilines is 3. The second-order valence-electron chi connectivity index (χ2n) is 8.77. The van der Waals surface area contributed by atoms with Crippen molar-refractivity contribution in [1.29, 1.82) is 0 Å². The van der Waals surface area contributed by atoms with E-state index in [0.29, 0.717) is 34.5 Å². The van der Waals surface area contributed by atoms with E-state index >= 15 is 0 Å². The van der Waals surface area contributed by atoms with E-state index in [9.17, 15) is 4.39 Å². The maximum absolute atomic E-state index is 13.5. The zero-order valence-corrected chi connectivity index (χ0v) is 18.7. The Bertz CT molecular complexity index is 1080. The molecule has 2 aliphatic rings. The van der Waals surface area contributed by atoms with E-state index < -0.39 is 5.82 Å². The molecule has 0 atom stereocenters. The van der Waals surface area contributed by atoms with Gasteiger partial charge in [-0.3, -0.25) is 0 Å². The molecule has 1 aromatic carbocycles. The summed E-state index contributed by atoms with van der Waals surface area (Å²) in [5.41, 5.74) is 1.87. The quantitative estimate of drug-likeness (QED) is 0.540. The second kappa shape index (κ2) is 9.50. The number of benzene rings is 1. The Morgan fingerprint density at radius 3 is 2.66 bits per heavy atom. The van der Waals surface area contributed by atoms with Crippen LogP contribution in [0.4, 0.5) is 21.8 Å². The molecule has 5 rings (SSSR count). The van der Waals surface area contributed by atoms with Crippen LogP contribution in [0.3, 0.4) is 0 Å². The van der Waals surface area contributed by atoms with Crippen LogP contribution in [0.25, 0.3) is 11.0 Å². The minimum Gasteiger partial charge on any atom is -0.351 e. The van der Waals surface area contributed by atoms with Crippen molar-refractivity contribution in [2.75, 3.05) is 30.3 Å². The monoisotopic (exact) mass is 455 g/mol. The number of likely N-dealkylation sites (tertiary alicyclic amines) is 1. The van der Waals surface area contributed by atoms with Crippen molar-refractivity contribution >= 4 is 40.1 Å². The summed E-state index contributed by atoms with van der Waals surface area (Å²) in [6.07, 6.45) is 10.6. The molecular weight excluding hydrogens is 429 g/mol. The number of hydrogen-bond donors (Lipinski definition) is 2. The molecule has 2 fully saturated rings. The van der Waals surface area contributed by atoms with Crippen molar-refractivity contribution < 1.29 is 4.39 Å². The van der Waals surface area contributed by atoms with Crippen LogP contribution in [0.5, 0.6) is 0 Å². The number of rotatable bonds is 6. The molecule has 0 amide bonds. The van der Waals surface area contributed by atoms with Gasteiger partial charge in [0.2, 0.25) is 5.95 Å². The zero-order valence-electron chi connectivity index (χ0n) is 17.9. The smallest absolute Gasteiger partial charge is 0.223 e. The van der Waals surface area contributed by atoms with E-state index in [1.54, 1.807) is 12.3 Å². The van der Waals surface area contributed by atoms with Gasteiger partial charge in [-0.25, -0.2) is 24.3 Å². The predicted octanol–water partition coefficient (Wildman–Crippen LogP) is 5.02. The van der Waals surface area contributed by atoms with Gasteiger partial charge >= 0.3 is 0 Å². The van der Waals surface area contributed by atoms with Crippen molar-refractivity contribution in [1.82, 2.24) is 24.8 Å². The third kappa shape index (κ3) is 4.91. The van der Waals surface area contributed by atoms with Crippen LogP contribution in [0.1, 0.15) is 38.5 Å². The lowest BCUT2D eigenvalue weighted by atomic mass is 9.86. The molecule has 2 N–H and O–H groups in total. The number of nitrogens with one attached hydrogen (secondary N) is 2. The first-order valence-corrected chi connectivity index (χ1v) is 11.7. The number of aromatic nitrogens is 4. The molecule has 2 aromatic heterocycles. The Hall–Kier alpha value is -2.58. The first-order chi connectivity index (χ1) is 15.6. The number of nitrogens with zero attached hydrogens (tertiary/aromatic N) is 5. The topological polar surface area (TPSA) is 78.9 Å². The molecule has 1 saturated heterocycles. The highest BCUT2D eigenvalue weighted by Gasteiger charge is 2.24. The number of halogens is 2. The van der Waals surface area contributed by atoms with E-state index in [1.807, 2.05) is 0 Å². The van der Waals surface area contributed by atoms with Crippen LogP contribution >= 0.6 is 11.6 Å². The summed E-state index contributed by atoms with van der Waals surface area (Å²) in [7, 11) is 0. The molecular formula is C23H27ClFN7. The third-order valence-electron chi connectivity index (χ3n) is 6.45. The van der Waals surface area contributed by atoms with Gasteiger partial charge < -0.3 is 15.5 Å². The van der Waals surface area contributed by atoms with Gasteiger partial charge in [0.05, 0.1) is 11.2 Å². The van der Waals surface area contributed by atoms with E-state index in [0.717, 1.165) is 18.8 Å². The molecule has 32 heavy (non-hydrogen) atoms. The first-order valence-electron chi connectivity index (χ1n) is 11.3. The summed E-state index contributed by atoms with van der Waals surface area (Å²) >= 11 is 5.90. The van der Waals surface area contributed by atoms with Crippen molar-refractivity contribution in [2.24, 2.45) is 5.92 Å². The van der Waals surface area contributed by atoms with Crippen LogP contribution in [-0.2, 0) is 0 Å². The Labute approximate surface area is 191 Å². The van der Waals surface area contributed by atoms with Gasteiger partial charge in [-0.2, -0.15) is 0 Å². The highest BCUT2D eigenvalue weighted by Crippen LogP contribution is 2.29. The molecule has 1 aliphatic heterocycles. The highest BCUT2D eigenvalue weighted by atomic mass is 35.5. The minimum atomic E-state index is -0.464. The summed E-state index contributed by atoms with van der Waals surface area (Å²) in [6.45, 7) is 3.79. The van der Waals surface area contributed by atoms with Crippen molar-refractivity contribution in [2.45, 2.75) is 44.6 Å². The lowest BCUT2D eigenvalue weighted by Crippen LogP contribution is -2.33. The number of hydrogen-bond acceptors (Lipinski definition) is 7. The Morgan fingerprint density at radius 2 is 1.88 bits per heavy atom. The van der Waals surface area contributed by atoms with Gasteiger partial charge in [-0.05, 0) is 75.7 Å². The normalized spacial score (nSPS) is 21.7. The van der Waals surface area contributed by atoms with Gasteiger partial charge in [0.1, 0.15) is 23.2 Å². The Morgan fingerprint density at radius 1 is 1.06 bits per heavy atom. The first kappa shape index (κ1) is 21.3. The van der Waals surface area contributed by atoms with Crippen LogP contribution in [0.15, 0.2) is 30.7 Å². The Balaban J connectivity index is 1.26. The summed E-state index contributed by atoms with van der Waals surface area (Å²) in [6, 6.07) is 4.82. The van der Waals surface area contributed by atoms with E-state index in [-0.39, 0.29) is 5.02 Å². The van der Waals surface area contributed by atoms with Gasteiger partial charge in [0, 0.05) is 18.3 Å². The molecule has 0 bridgehead atoms. The van der Waals surface area contributed by atoms with Crippen LogP contribution < -0.4 is 10.6 Å². The zero-order chi connectivity index (χ0) is 21.9. The number of fused-ring (bicyclic) bond motifs is 1. The Kier molecular flexibility index (Phi) is 6.32. The van der Waals surface area contributed by atoms with E-state index in [1.165, 1.54) is 63.8 Å². The van der Waals surface area contributed by atoms with Crippen molar-refractivity contribution in [3.8, 4) is 0 Å². The van der Waals surface area contributed by atoms with Crippen LogP contribution in [-0.4, -0.2) is 50.5 Å². The molecule has 0 spiro atoms. The molecule has 168 valence electrons. The average molecular weight is 456 g/mol. The highest BCUT2D eigenvalue weighted by molar-refractivity contribution is 6.31. The lowest BCUT2D eigenvalue weighted by molar-refractivity contribution is 0.228. The average Bonchev–Trinajstić information content (AvgIpc) is 3.31. The van der Waals surface area contributed by atoms with E-state index in [4.69, 9.17) is 11.6 Å². The van der Waals surface area contributed by atoms with Gasteiger partial charge in [-0.15, -0.1) is 0 Å². The maximum atomic E-state index is 13.5. The molecule has 9 heteroatoms. The lowest BCUT2D eigenvalue weighted by Gasteiger charge is -2.31.